The molecule has 0 rings (SSSR count). The molecule has 0 heterocycles. The van der Waals surface area contributed by atoms with Crippen molar-refractivity contribution in [3.05, 3.63) is 0 Å². The molecule has 15 heavy (non-hydrogen) atoms. The van der Waals surface area contributed by atoms with Crippen molar-refractivity contribution >= 4 is 13.8 Å². The minimum atomic E-state index is -4.89. The lowest BCUT2D eigenvalue weighted by Gasteiger charge is -2.23. The maximum absolute atomic E-state index is 10.0. The molecule has 0 aliphatic carbocycles. The molecule has 0 atom stereocenters. The predicted octanol–water partition coefficient (Wildman–Crippen LogP) is -1.89. The highest BCUT2D eigenvalue weighted by Crippen LogP contribution is 2.18. The molecule has 0 spiro atoms. The Labute approximate surface area is 87.9 Å². The Hall–Kier alpha value is -0.500. The van der Waals surface area contributed by atoms with Crippen molar-refractivity contribution in [2.75, 3.05) is 27.7 Å². The van der Waals surface area contributed by atoms with E-state index in [1.807, 2.05) is 21.1 Å². The summed E-state index contributed by atoms with van der Waals surface area (Å²) < 4.78 is 9.36. The second-order valence-electron chi connectivity index (χ2n) is 3.55. The van der Waals surface area contributed by atoms with Crippen molar-refractivity contribution in [2.45, 2.75) is 6.42 Å². The fraction of sp³-hybridized carbons (Fsp3) is 0.833. The number of carboxylic acids is 1. The lowest BCUT2D eigenvalue weighted by atomic mass is 10.4. The summed E-state index contributed by atoms with van der Waals surface area (Å²) in [5.41, 5.74) is 3.01. The van der Waals surface area contributed by atoms with E-state index in [-0.39, 0.29) is 6.42 Å². The molecule has 0 amide bonds. The fourth-order valence-electron chi connectivity index (χ4n) is 0.498. The Bertz CT molecular complexity index is 224. The van der Waals surface area contributed by atoms with Gasteiger partial charge in [0.25, 0.3) is 7.82 Å². The third-order valence-electron chi connectivity index (χ3n) is 0.925. The van der Waals surface area contributed by atoms with Crippen LogP contribution in [-0.2, 0) is 9.36 Å². The van der Waals surface area contributed by atoms with Gasteiger partial charge in [-0.1, -0.05) is 0 Å². The first-order valence-electron chi connectivity index (χ1n) is 3.97. The van der Waals surface area contributed by atoms with Gasteiger partial charge in [-0.25, -0.2) is 0 Å². The summed E-state index contributed by atoms with van der Waals surface area (Å²) in [5.74, 6) is -0.763. The summed E-state index contributed by atoms with van der Waals surface area (Å²) in [6, 6.07) is 0. The van der Waals surface area contributed by atoms with Crippen LogP contribution in [0.4, 0.5) is 0 Å². The largest absolute Gasteiger partial charge is 0.756 e. The molecule has 0 aromatic rings. The van der Waals surface area contributed by atoms with Crippen molar-refractivity contribution in [3.63, 3.8) is 0 Å². The number of carbonyl (C=O) groups is 1. The van der Waals surface area contributed by atoms with Gasteiger partial charge in [-0.15, -0.1) is 0 Å². The Morgan fingerprint density at radius 3 is 1.93 bits per heavy atom. The molecular formula is C6H17N2O6P. The Morgan fingerprint density at radius 1 is 1.40 bits per heavy atom. The van der Waals surface area contributed by atoms with Gasteiger partial charge < -0.3 is 19.8 Å². The molecular weight excluding hydrogens is 227 g/mol. The molecule has 0 bridgehead atoms. The van der Waals surface area contributed by atoms with Gasteiger partial charge in [-0.3, -0.25) is 14.0 Å². The van der Waals surface area contributed by atoms with Gasteiger partial charge in [0.15, 0.2) is 0 Å². The summed E-state index contributed by atoms with van der Waals surface area (Å²) >= 11 is 0. The van der Waals surface area contributed by atoms with E-state index in [2.05, 4.69) is 5.43 Å². The molecule has 4 N–H and O–H groups in total. The average molecular weight is 244 g/mol. The number of nitrogens with one attached hydrogen (secondary N) is 1. The van der Waals surface area contributed by atoms with Crippen molar-refractivity contribution < 1.29 is 33.7 Å². The van der Waals surface area contributed by atoms with Gasteiger partial charge in [0.2, 0.25) is 0 Å². The third kappa shape index (κ3) is 42.3. The summed E-state index contributed by atoms with van der Waals surface area (Å²) in [5, 5.41) is 8.26. The van der Waals surface area contributed by atoms with Crippen LogP contribution in [0.1, 0.15) is 6.42 Å². The zero-order chi connectivity index (χ0) is 12.7. The van der Waals surface area contributed by atoms with Crippen molar-refractivity contribution in [1.82, 2.24) is 5.43 Å². The van der Waals surface area contributed by atoms with E-state index in [9.17, 15) is 4.79 Å². The number of hydrogen-bond acceptors (Lipinski definition) is 4. The maximum Gasteiger partial charge on any atom is 0.304 e. The standard InChI is InChI=1S/C6H14N2O2.H3O4P/c1-8(2,3)7-5-4-6(9)10;1-5(2,3)4/h7H,4-5H2,1-3H3;(H3,1,2,3,4). The van der Waals surface area contributed by atoms with E-state index in [4.69, 9.17) is 24.4 Å². The fourth-order valence-corrected chi connectivity index (χ4v) is 0.498. The first-order valence-corrected chi connectivity index (χ1v) is 5.50. The number of hydrogen-bond donors (Lipinski definition) is 4. The molecule has 92 valence electrons. The monoisotopic (exact) mass is 244 g/mol. The zero-order valence-electron chi connectivity index (χ0n) is 8.88. The zero-order valence-corrected chi connectivity index (χ0v) is 9.77. The van der Waals surface area contributed by atoms with Gasteiger partial charge in [0, 0.05) is 0 Å². The van der Waals surface area contributed by atoms with E-state index >= 15 is 0 Å². The molecule has 0 aliphatic heterocycles. The highest BCUT2D eigenvalue weighted by atomic mass is 31.2. The molecule has 0 unspecified atom stereocenters. The van der Waals surface area contributed by atoms with Crippen LogP contribution in [0.3, 0.4) is 0 Å². The molecule has 0 fully saturated rings. The van der Waals surface area contributed by atoms with E-state index in [1.54, 1.807) is 0 Å². The summed E-state index contributed by atoms with van der Waals surface area (Å²) in [6.07, 6.45) is 0.176. The van der Waals surface area contributed by atoms with E-state index in [0.717, 1.165) is 0 Å². The number of aliphatic carboxylic acids is 1. The first kappa shape index (κ1) is 16.9. The number of nitrogens with zero attached hydrogens (tertiary/aromatic N) is 1. The molecule has 0 saturated heterocycles. The van der Waals surface area contributed by atoms with Crippen LogP contribution in [0.25, 0.3) is 0 Å². The summed E-state index contributed by atoms with van der Waals surface area (Å²) in [4.78, 5) is 33.0. The number of rotatable bonds is 4. The van der Waals surface area contributed by atoms with Crippen LogP contribution >= 0.6 is 7.82 Å². The van der Waals surface area contributed by atoms with Crippen molar-refractivity contribution in [2.24, 2.45) is 0 Å². The number of phosphoric acid groups is 1. The highest BCUT2D eigenvalue weighted by molar-refractivity contribution is 7.43. The Balaban J connectivity index is 0. The van der Waals surface area contributed by atoms with Crippen LogP contribution < -0.4 is 10.3 Å². The Morgan fingerprint density at radius 2 is 1.73 bits per heavy atom. The predicted molar refractivity (Wildman–Crippen MR) is 50.3 cm³/mol. The third-order valence-corrected chi connectivity index (χ3v) is 0.925. The quantitative estimate of drug-likeness (QED) is 0.258. The molecule has 0 aliphatic rings. The van der Waals surface area contributed by atoms with Crippen LogP contribution in [0.2, 0.25) is 0 Å². The van der Waals surface area contributed by atoms with Crippen LogP contribution in [0.5, 0.6) is 0 Å². The van der Waals surface area contributed by atoms with Gasteiger partial charge in [0.1, 0.15) is 0 Å². The maximum atomic E-state index is 10.0. The molecule has 9 heteroatoms. The minimum absolute atomic E-state index is 0.176. The normalized spacial score (nSPS) is 11.6. The van der Waals surface area contributed by atoms with Crippen molar-refractivity contribution in [3.8, 4) is 0 Å². The SMILES string of the molecule is C[N+](C)(C)NCCC(=O)O.O=P([O-])(O)O. The minimum Gasteiger partial charge on any atom is -0.756 e. The van der Waals surface area contributed by atoms with Crippen LogP contribution in [0.15, 0.2) is 0 Å². The van der Waals surface area contributed by atoms with E-state index in [1.165, 1.54) is 0 Å². The van der Waals surface area contributed by atoms with Crippen LogP contribution in [-0.4, -0.2) is 53.1 Å². The van der Waals surface area contributed by atoms with Gasteiger partial charge >= 0.3 is 5.97 Å². The molecule has 0 aromatic carbocycles. The molecule has 8 nitrogen and oxygen atoms in total. The Kier molecular flexibility index (Phi) is 7.77. The molecule has 0 radical (unpaired) electrons. The smallest absolute Gasteiger partial charge is 0.304 e. The lowest BCUT2D eigenvalue weighted by molar-refractivity contribution is -0.915. The number of quaternary nitrogens is 1. The topological polar surface area (TPSA) is 130 Å². The number of carboxylic acid groups (broad SMARTS) is 1. The molecule has 0 aromatic heterocycles. The van der Waals surface area contributed by atoms with Crippen LogP contribution in [0, 0.1) is 0 Å². The van der Waals surface area contributed by atoms with E-state index < -0.39 is 13.8 Å². The van der Waals surface area contributed by atoms with Gasteiger partial charge in [-0.2, -0.15) is 5.43 Å². The second kappa shape index (κ2) is 6.89. The summed E-state index contributed by atoms with van der Waals surface area (Å²) in [6.45, 7) is 0.513. The lowest BCUT2D eigenvalue weighted by Crippen LogP contribution is -2.48. The highest BCUT2D eigenvalue weighted by Gasteiger charge is 2.05. The first-order chi connectivity index (χ1) is 6.42. The average Bonchev–Trinajstić information content (AvgIpc) is 1.77. The summed E-state index contributed by atoms with van der Waals surface area (Å²) in [7, 11) is 0.950. The second-order valence-corrected chi connectivity index (χ2v) is 4.54. The van der Waals surface area contributed by atoms with Crippen molar-refractivity contribution in [1.29, 1.82) is 0 Å². The van der Waals surface area contributed by atoms with Gasteiger partial charge in [-0.05, 0) is 0 Å². The van der Waals surface area contributed by atoms with E-state index in [0.29, 0.717) is 11.1 Å². The van der Waals surface area contributed by atoms with Gasteiger partial charge in [0.05, 0.1) is 34.1 Å². The molecule has 0 saturated carbocycles.